The van der Waals surface area contributed by atoms with Gasteiger partial charge >= 0.3 is 0 Å². The fourth-order valence-electron chi connectivity index (χ4n) is 3.95. The summed E-state index contributed by atoms with van der Waals surface area (Å²) < 4.78 is 2.22. The maximum Gasteiger partial charge on any atom is 0.270 e. The molecule has 1 aromatic heterocycles. The van der Waals surface area contributed by atoms with Gasteiger partial charge < -0.3 is 4.57 Å². The summed E-state index contributed by atoms with van der Waals surface area (Å²) >= 11 is 1.58. The smallest absolute Gasteiger partial charge is 0.270 e. The van der Waals surface area contributed by atoms with E-state index in [1.54, 1.807) is 23.5 Å². The molecule has 0 radical (unpaired) electrons. The van der Waals surface area contributed by atoms with Crippen molar-refractivity contribution < 1.29 is 4.92 Å². The van der Waals surface area contributed by atoms with Crippen molar-refractivity contribution in [3.8, 4) is 11.3 Å². The van der Waals surface area contributed by atoms with Gasteiger partial charge in [-0.3, -0.25) is 10.1 Å². The molecule has 0 aliphatic heterocycles. The number of aryl methyl sites for hydroxylation is 1. The largest absolute Gasteiger partial charge is 0.316 e. The van der Waals surface area contributed by atoms with Crippen molar-refractivity contribution in [2.24, 2.45) is 4.99 Å². The number of nitrogens with zero attached hydrogens (tertiary/aromatic N) is 3. The maximum absolute atomic E-state index is 11.3. The van der Waals surface area contributed by atoms with Gasteiger partial charge in [-0.25, -0.2) is 4.99 Å². The molecule has 160 valence electrons. The maximum atomic E-state index is 11.3. The lowest BCUT2D eigenvalue weighted by Crippen LogP contribution is -2.16. The molecule has 31 heavy (non-hydrogen) atoms. The van der Waals surface area contributed by atoms with Gasteiger partial charge in [0.1, 0.15) is 0 Å². The van der Waals surface area contributed by atoms with Gasteiger partial charge in [0.15, 0.2) is 4.80 Å². The molecule has 0 N–H and O–H groups in total. The number of thiazole rings is 1. The second-order valence-electron chi connectivity index (χ2n) is 7.85. The molecule has 0 atom stereocenters. The van der Waals surface area contributed by atoms with Crippen LogP contribution in [0.4, 0.5) is 11.4 Å². The molecule has 0 spiro atoms. The number of benzene rings is 2. The van der Waals surface area contributed by atoms with E-state index in [2.05, 4.69) is 47.2 Å². The minimum atomic E-state index is -0.340. The fraction of sp³-hybridized carbons (Fsp3) is 0.320. The highest BCUT2D eigenvalue weighted by Crippen LogP contribution is 2.27. The summed E-state index contributed by atoms with van der Waals surface area (Å²) in [6.07, 6.45) is 9.25. The summed E-state index contributed by atoms with van der Waals surface area (Å²) in [6.45, 7) is 2.96. The number of hydrogen-bond acceptors (Lipinski definition) is 4. The molecular formula is C25H27N3O2S. The average molecular weight is 434 g/mol. The van der Waals surface area contributed by atoms with E-state index >= 15 is 0 Å². The zero-order valence-electron chi connectivity index (χ0n) is 17.8. The summed E-state index contributed by atoms with van der Waals surface area (Å²) in [5.41, 5.74) is 5.67. The highest BCUT2D eigenvalue weighted by atomic mass is 32.1. The molecule has 0 saturated carbocycles. The molecule has 2 aromatic carbocycles. The summed E-state index contributed by atoms with van der Waals surface area (Å²) in [6, 6.07) is 15.2. The fourth-order valence-corrected chi connectivity index (χ4v) is 4.90. The van der Waals surface area contributed by atoms with Gasteiger partial charge in [-0.15, -0.1) is 11.3 Å². The number of non-ortho nitro benzene ring substituents is 1. The lowest BCUT2D eigenvalue weighted by atomic mass is 9.97. The van der Waals surface area contributed by atoms with Crippen molar-refractivity contribution in [2.45, 2.75) is 52.0 Å². The first kappa shape index (κ1) is 21.2. The predicted molar refractivity (Wildman–Crippen MR) is 127 cm³/mol. The Bertz CT molecular complexity index is 1160. The first-order chi connectivity index (χ1) is 15.1. The Kier molecular flexibility index (Phi) is 6.77. The van der Waals surface area contributed by atoms with Gasteiger partial charge in [0.2, 0.25) is 0 Å². The number of aromatic nitrogens is 1. The molecule has 0 saturated heterocycles. The van der Waals surface area contributed by atoms with Crippen molar-refractivity contribution in [1.82, 2.24) is 4.57 Å². The predicted octanol–water partition coefficient (Wildman–Crippen LogP) is 6.81. The Morgan fingerprint density at radius 2 is 2.00 bits per heavy atom. The van der Waals surface area contributed by atoms with Crippen LogP contribution in [0.3, 0.4) is 0 Å². The van der Waals surface area contributed by atoms with Crippen LogP contribution in [-0.2, 0) is 13.0 Å². The van der Waals surface area contributed by atoms with Crippen LogP contribution >= 0.6 is 11.3 Å². The van der Waals surface area contributed by atoms with E-state index in [0.717, 1.165) is 41.1 Å². The quantitative estimate of drug-likeness (QED) is 0.233. The molecule has 0 amide bonds. The first-order valence-electron chi connectivity index (χ1n) is 10.9. The molecular weight excluding hydrogens is 406 g/mol. The van der Waals surface area contributed by atoms with Gasteiger partial charge in [-0.1, -0.05) is 42.8 Å². The van der Waals surface area contributed by atoms with Crippen molar-refractivity contribution >= 4 is 22.7 Å². The van der Waals surface area contributed by atoms with E-state index in [0.29, 0.717) is 0 Å². The molecule has 3 aromatic rings. The zero-order chi connectivity index (χ0) is 21.6. The van der Waals surface area contributed by atoms with Crippen LogP contribution in [0.1, 0.15) is 44.6 Å². The molecule has 1 aliphatic carbocycles. The van der Waals surface area contributed by atoms with Gasteiger partial charge in [0.05, 0.1) is 16.3 Å². The second kappa shape index (κ2) is 9.88. The monoisotopic (exact) mass is 433 g/mol. The molecule has 5 nitrogen and oxygen atoms in total. The van der Waals surface area contributed by atoms with E-state index in [9.17, 15) is 10.1 Å². The Morgan fingerprint density at radius 3 is 2.71 bits per heavy atom. The van der Waals surface area contributed by atoms with Crippen molar-refractivity contribution in [1.29, 1.82) is 0 Å². The third-order valence-corrected chi connectivity index (χ3v) is 6.62. The standard InChI is InChI=1S/C25H27N3O2S/c1-2-19-11-13-22(14-12-19)26-25-27(16-15-20-7-4-3-5-8-20)24(18-31-25)21-9-6-10-23(17-21)28(29)30/h6-7,9-14,17-18H,2-5,8,15-16H2,1H3. The first-order valence-corrected chi connectivity index (χ1v) is 11.8. The minimum Gasteiger partial charge on any atom is -0.316 e. The number of rotatable bonds is 7. The van der Waals surface area contributed by atoms with Gasteiger partial charge in [-0.2, -0.15) is 0 Å². The van der Waals surface area contributed by atoms with E-state index in [1.807, 2.05) is 6.07 Å². The molecule has 0 bridgehead atoms. The zero-order valence-corrected chi connectivity index (χ0v) is 18.6. The normalized spacial score (nSPS) is 14.5. The van der Waals surface area contributed by atoms with E-state index < -0.39 is 0 Å². The molecule has 0 unspecified atom stereocenters. The van der Waals surface area contributed by atoms with Crippen molar-refractivity contribution in [2.75, 3.05) is 0 Å². The third kappa shape index (κ3) is 5.20. The SMILES string of the molecule is CCc1ccc(N=c2scc(-c3cccc([N+](=O)[O-])c3)n2CCC2=CCCCC2)cc1. The van der Waals surface area contributed by atoms with Crippen LogP contribution in [0.25, 0.3) is 11.3 Å². The van der Waals surface area contributed by atoms with Crippen LogP contribution < -0.4 is 4.80 Å². The van der Waals surface area contributed by atoms with Crippen LogP contribution in [0.2, 0.25) is 0 Å². The molecule has 6 heteroatoms. The highest BCUT2D eigenvalue weighted by Gasteiger charge is 2.13. The van der Waals surface area contributed by atoms with E-state index in [-0.39, 0.29) is 10.6 Å². The Labute approximate surface area is 186 Å². The molecule has 1 aliphatic rings. The summed E-state index contributed by atoms with van der Waals surface area (Å²) in [5, 5.41) is 13.3. The lowest BCUT2D eigenvalue weighted by Gasteiger charge is -2.14. The Hall–Kier alpha value is -2.99. The Balaban J connectivity index is 1.73. The summed E-state index contributed by atoms with van der Waals surface area (Å²) in [4.78, 5) is 16.8. The number of hydrogen-bond donors (Lipinski definition) is 0. The Morgan fingerprint density at radius 1 is 1.16 bits per heavy atom. The molecule has 4 rings (SSSR count). The minimum absolute atomic E-state index is 0.110. The van der Waals surface area contributed by atoms with Crippen LogP contribution in [0.5, 0.6) is 0 Å². The number of nitro groups is 1. The van der Waals surface area contributed by atoms with Gasteiger partial charge in [0.25, 0.3) is 5.69 Å². The van der Waals surface area contributed by atoms with Crippen LogP contribution in [0, 0.1) is 10.1 Å². The van der Waals surface area contributed by atoms with E-state index in [1.165, 1.54) is 42.9 Å². The number of allylic oxidation sites excluding steroid dienone is 2. The topological polar surface area (TPSA) is 60.4 Å². The van der Waals surface area contributed by atoms with E-state index in [4.69, 9.17) is 4.99 Å². The van der Waals surface area contributed by atoms with Crippen LogP contribution in [-0.4, -0.2) is 9.49 Å². The lowest BCUT2D eigenvalue weighted by molar-refractivity contribution is -0.384. The van der Waals surface area contributed by atoms with Gasteiger partial charge in [0, 0.05) is 29.6 Å². The van der Waals surface area contributed by atoms with Crippen molar-refractivity contribution in [3.63, 3.8) is 0 Å². The number of nitro benzene ring substituents is 1. The summed E-state index contributed by atoms with van der Waals surface area (Å²) in [5.74, 6) is 0. The highest BCUT2D eigenvalue weighted by molar-refractivity contribution is 7.07. The average Bonchev–Trinajstić information content (AvgIpc) is 3.21. The second-order valence-corrected chi connectivity index (χ2v) is 8.69. The van der Waals surface area contributed by atoms with Crippen molar-refractivity contribution in [3.05, 3.63) is 86.0 Å². The molecule has 1 heterocycles. The molecule has 0 fully saturated rings. The van der Waals surface area contributed by atoms with Gasteiger partial charge in [-0.05, 0) is 56.2 Å². The van der Waals surface area contributed by atoms with Crippen LogP contribution in [0.15, 0.2) is 70.6 Å². The summed E-state index contributed by atoms with van der Waals surface area (Å²) in [7, 11) is 0. The third-order valence-electron chi connectivity index (χ3n) is 5.76.